The van der Waals surface area contributed by atoms with Crippen LogP contribution in [-0.2, 0) is 0 Å². The lowest BCUT2D eigenvalue weighted by molar-refractivity contribution is 0.487. The van der Waals surface area contributed by atoms with E-state index in [1.165, 1.54) is 11.3 Å². The minimum atomic E-state index is 0.322. The van der Waals surface area contributed by atoms with E-state index in [-0.39, 0.29) is 0 Å². The van der Waals surface area contributed by atoms with E-state index in [2.05, 4.69) is 0 Å². The van der Waals surface area contributed by atoms with Crippen LogP contribution in [0.2, 0.25) is 0 Å². The molecule has 0 aliphatic rings. The van der Waals surface area contributed by atoms with Gasteiger partial charge in [-0.05, 0) is 13.0 Å². The molecule has 0 radical (unpaired) electrons. The van der Waals surface area contributed by atoms with Gasteiger partial charge in [-0.25, -0.2) is 0 Å². The highest BCUT2D eigenvalue weighted by Crippen LogP contribution is 2.29. The third-order valence-electron chi connectivity index (χ3n) is 0.911. The van der Waals surface area contributed by atoms with Crippen LogP contribution < -0.4 is 5.73 Å². The number of aromatic hydroxyl groups is 1. The standard InChI is InChI=1S/C5H7NOS/c1-3-2-4(6)8-5(3)7/h2,7H,6H2,1H3. The highest BCUT2D eigenvalue weighted by atomic mass is 32.1. The first kappa shape index (κ1) is 5.44. The molecule has 0 aromatic carbocycles. The number of hydrogen-bond acceptors (Lipinski definition) is 3. The Morgan fingerprint density at radius 3 is 2.50 bits per heavy atom. The van der Waals surface area contributed by atoms with E-state index < -0.39 is 0 Å². The van der Waals surface area contributed by atoms with Gasteiger partial charge in [0.25, 0.3) is 0 Å². The summed E-state index contributed by atoms with van der Waals surface area (Å²) in [5.41, 5.74) is 6.19. The lowest BCUT2D eigenvalue weighted by Gasteiger charge is -1.79. The summed E-state index contributed by atoms with van der Waals surface area (Å²) >= 11 is 1.20. The molecule has 1 aromatic heterocycles. The second-order valence-corrected chi connectivity index (χ2v) is 2.70. The summed E-state index contributed by atoms with van der Waals surface area (Å²) in [6.07, 6.45) is 0. The summed E-state index contributed by atoms with van der Waals surface area (Å²) in [5.74, 6) is 0. The van der Waals surface area contributed by atoms with Crippen molar-refractivity contribution in [3.8, 4) is 5.06 Å². The van der Waals surface area contributed by atoms with Crippen molar-refractivity contribution in [2.75, 3.05) is 5.73 Å². The zero-order valence-electron chi connectivity index (χ0n) is 4.51. The molecular formula is C5H7NOS. The monoisotopic (exact) mass is 129 g/mol. The van der Waals surface area contributed by atoms with Gasteiger partial charge in [0.2, 0.25) is 0 Å². The fourth-order valence-electron chi connectivity index (χ4n) is 0.497. The Kier molecular flexibility index (Phi) is 1.13. The minimum Gasteiger partial charge on any atom is -0.499 e. The van der Waals surface area contributed by atoms with Crippen LogP contribution in [0.4, 0.5) is 5.00 Å². The van der Waals surface area contributed by atoms with Gasteiger partial charge in [-0.1, -0.05) is 11.3 Å². The zero-order valence-corrected chi connectivity index (χ0v) is 5.33. The molecule has 0 unspecified atom stereocenters. The lowest BCUT2D eigenvalue weighted by atomic mass is 10.4. The SMILES string of the molecule is Cc1cc(N)sc1O. The zero-order chi connectivity index (χ0) is 6.15. The molecule has 0 bridgehead atoms. The summed E-state index contributed by atoms with van der Waals surface area (Å²) in [7, 11) is 0. The molecule has 2 nitrogen and oxygen atoms in total. The van der Waals surface area contributed by atoms with Crippen molar-refractivity contribution in [3.63, 3.8) is 0 Å². The van der Waals surface area contributed by atoms with Gasteiger partial charge < -0.3 is 10.8 Å². The Balaban J connectivity index is 3.14. The van der Waals surface area contributed by atoms with E-state index >= 15 is 0 Å². The van der Waals surface area contributed by atoms with Crippen molar-refractivity contribution in [1.29, 1.82) is 0 Å². The smallest absolute Gasteiger partial charge is 0.176 e. The summed E-state index contributed by atoms with van der Waals surface area (Å²) in [6, 6.07) is 1.75. The third-order valence-corrected chi connectivity index (χ3v) is 1.78. The van der Waals surface area contributed by atoms with Crippen molar-refractivity contribution in [2.45, 2.75) is 6.92 Å². The maximum Gasteiger partial charge on any atom is 0.176 e. The fourth-order valence-corrected chi connectivity index (χ4v) is 1.18. The topological polar surface area (TPSA) is 46.2 Å². The molecule has 0 amide bonds. The second-order valence-electron chi connectivity index (χ2n) is 1.64. The molecule has 3 heteroatoms. The van der Waals surface area contributed by atoms with Crippen LogP contribution in [0.15, 0.2) is 6.07 Å². The molecule has 1 aromatic rings. The largest absolute Gasteiger partial charge is 0.499 e. The number of hydrogen-bond donors (Lipinski definition) is 2. The first-order valence-corrected chi connectivity index (χ1v) is 3.06. The van der Waals surface area contributed by atoms with Gasteiger partial charge in [-0.15, -0.1) is 0 Å². The van der Waals surface area contributed by atoms with E-state index in [0.717, 1.165) is 5.56 Å². The van der Waals surface area contributed by atoms with Gasteiger partial charge in [-0.3, -0.25) is 0 Å². The number of nitrogen functional groups attached to an aromatic ring is 1. The fraction of sp³-hybridized carbons (Fsp3) is 0.200. The maximum atomic E-state index is 8.88. The van der Waals surface area contributed by atoms with Crippen molar-refractivity contribution >= 4 is 16.3 Å². The first-order valence-electron chi connectivity index (χ1n) is 2.25. The number of thiophene rings is 1. The average Bonchev–Trinajstić information content (AvgIpc) is 1.85. The maximum absolute atomic E-state index is 8.88. The van der Waals surface area contributed by atoms with E-state index in [0.29, 0.717) is 10.1 Å². The molecule has 8 heavy (non-hydrogen) atoms. The third kappa shape index (κ3) is 0.767. The second kappa shape index (κ2) is 1.67. The van der Waals surface area contributed by atoms with Crippen molar-refractivity contribution in [1.82, 2.24) is 0 Å². The lowest BCUT2D eigenvalue weighted by Crippen LogP contribution is -1.73. The van der Waals surface area contributed by atoms with E-state index in [1.54, 1.807) is 6.07 Å². The summed E-state index contributed by atoms with van der Waals surface area (Å²) < 4.78 is 0. The van der Waals surface area contributed by atoms with Crippen LogP contribution >= 0.6 is 11.3 Å². The van der Waals surface area contributed by atoms with Crippen molar-refractivity contribution in [3.05, 3.63) is 11.6 Å². The normalized spacial score (nSPS) is 9.62. The van der Waals surface area contributed by atoms with Gasteiger partial charge in [0.1, 0.15) is 0 Å². The Bertz CT molecular complexity index is 175. The Labute approximate surface area is 51.6 Å². The van der Waals surface area contributed by atoms with E-state index in [1.807, 2.05) is 6.92 Å². The molecule has 0 saturated heterocycles. The Morgan fingerprint density at radius 1 is 1.75 bits per heavy atom. The molecular weight excluding hydrogens is 122 g/mol. The first-order chi connectivity index (χ1) is 3.70. The Morgan fingerprint density at radius 2 is 2.38 bits per heavy atom. The summed E-state index contributed by atoms with van der Waals surface area (Å²) in [4.78, 5) is 0. The molecule has 1 rings (SSSR count). The van der Waals surface area contributed by atoms with Crippen LogP contribution in [0.25, 0.3) is 0 Å². The van der Waals surface area contributed by atoms with Crippen LogP contribution in [0.3, 0.4) is 0 Å². The Hall–Kier alpha value is -0.700. The van der Waals surface area contributed by atoms with Crippen LogP contribution in [-0.4, -0.2) is 5.11 Å². The van der Waals surface area contributed by atoms with Gasteiger partial charge in [0.05, 0.1) is 5.00 Å². The van der Waals surface area contributed by atoms with Gasteiger partial charge in [-0.2, -0.15) is 0 Å². The minimum absolute atomic E-state index is 0.322. The van der Waals surface area contributed by atoms with E-state index in [9.17, 15) is 0 Å². The molecule has 0 fully saturated rings. The predicted octanol–water partition coefficient (Wildman–Crippen LogP) is 1.34. The highest BCUT2D eigenvalue weighted by Gasteiger charge is 1.97. The number of rotatable bonds is 0. The quantitative estimate of drug-likeness (QED) is 0.555. The number of anilines is 1. The van der Waals surface area contributed by atoms with Gasteiger partial charge in [0, 0.05) is 5.56 Å². The molecule has 0 aliphatic heterocycles. The summed E-state index contributed by atoms with van der Waals surface area (Å²) in [6.45, 7) is 1.82. The number of nitrogens with two attached hydrogens (primary N) is 1. The van der Waals surface area contributed by atoms with E-state index in [4.69, 9.17) is 10.8 Å². The van der Waals surface area contributed by atoms with Crippen LogP contribution in [0.5, 0.6) is 5.06 Å². The molecule has 1 heterocycles. The van der Waals surface area contributed by atoms with Gasteiger partial charge >= 0.3 is 0 Å². The highest BCUT2D eigenvalue weighted by molar-refractivity contribution is 7.17. The van der Waals surface area contributed by atoms with Crippen LogP contribution in [0.1, 0.15) is 5.56 Å². The van der Waals surface area contributed by atoms with Crippen LogP contribution in [0, 0.1) is 6.92 Å². The number of aryl methyl sites for hydroxylation is 1. The molecule has 3 N–H and O–H groups in total. The average molecular weight is 129 g/mol. The molecule has 0 atom stereocenters. The molecule has 0 spiro atoms. The predicted molar refractivity (Wildman–Crippen MR) is 35.1 cm³/mol. The summed E-state index contributed by atoms with van der Waals surface area (Å²) in [5, 5.41) is 9.87. The van der Waals surface area contributed by atoms with Crippen molar-refractivity contribution < 1.29 is 5.11 Å². The van der Waals surface area contributed by atoms with Crippen molar-refractivity contribution in [2.24, 2.45) is 0 Å². The van der Waals surface area contributed by atoms with Gasteiger partial charge in [0.15, 0.2) is 5.06 Å². The molecule has 0 aliphatic carbocycles. The molecule has 0 saturated carbocycles. The molecule has 44 valence electrons.